The smallest absolute Gasteiger partial charge is 0.254 e. The highest BCUT2D eigenvalue weighted by Crippen LogP contribution is 2.33. The fraction of sp³-hybridized carbons (Fsp3) is 0.429. The van der Waals surface area contributed by atoms with Crippen LogP contribution in [0.3, 0.4) is 0 Å². The van der Waals surface area contributed by atoms with E-state index in [-0.39, 0.29) is 5.92 Å². The van der Waals surface area contributed by atoms with E-state index in [2.05, 4.69) is 9.97 Å². The number of hydrogen-bond donors (Lipinski definition) is 0. The monoisotopic (exact) mass is 323 g/mol. The number of sulfonamides is 1. The molecule has 1 atom stereocenters. The van der Waals surface area contributed by atoms with E-state index in [1.807, 2.05) is 25.1 Å². The van der Waals surface area contributed by atoms with Crippen molar-refractivity contribution in [2.75, 3.05) is 13.1 Å². The van der Waals surface area contributed by atoms with Crippen molar-refractivity contribution in [3.63, 3.8) is 0 Å². The van der Waals surface area contributed by atoms with E-state index >= 15 is 0 Å². The fourth-order valence-corrected chi connectivity index (χ4v) is 5.79. The summed E-state index contributed by atoms with van der Waals surface area (Å²) in [5, 5.41) is 0.784. The van der Waals surface area contributed by atoms with Gasteiger partial charge >= 0.3 is 0 Å². The van der Waals surface area contributed by atoms with Crippen molar-refractivity contribution in [2.24, 2.45) is 0 Å². The van der Waals surface area contributed by atoms with Crippen LogP contribution in [0.15, 0.2) is 28.6 Å². The fourth-order valence-electron chi connectivity index (χ4n) is 2.67. The molecule has 0 aromatic carbocycles. The molecule has 1 unspecified atom stereocenters. The Balaban J connectivity index is 1.84. The lowest BCUT2D eigenvalue weighted by molar-refractivity contribution is 0.473. The van der Waals surface area contributed by atoms with Gasteiger partial charge in [-0.2, -0.15) is 4.31 Å². The Bertz CT molecular complexity index is 741. The summed E-state index contributed by atoms with van der Waals surface area (Å²) < 4.78 is 27.4. The van der Waals surface area contributed by atoms with Gasteiger partial charge in [0, 0.05) is 30.9 Å². The van der Waals surface area contributed by atoms with Gasteiger partial charge in [0.05, 0.1) is 10.7 Å². The molecular formula is C14H17N3O2S2. The number of thiazole rings is 1. The first-order valence-electron chi connectivity index (χ1n) is 6.83. The van der Waals surface area contributed by atoms with Crippen LogP contribution in [0.2, 0.25) is 0 Å². The normalized spacial score (nSPS) is 20.0. The van der Waals surface area contributed by atoms with Crippen LogP contribution in [0, 0.1) is 13.8 Å². The van der Waals surface area contributed by atoms with Crippen molar-refractivity contribution in [3.8, 4) is 0 Å². The van der Waals surface area contributed by atoms with Gasteiger partial charge < -0.3 is 0 Å². The van der Waals surface area contributed by atoms with Gasteiger partial charge in [-0.15, -0.1) is 11.3 Å². The summed E-state index contributed by atoms with van der Waals surface area (Å²) in [5.41, 5.74) is 1.56. The van der Waals surface area contributed by atoms with Crippen LogP contribution in [0.5, 0.6) is 0 Å². The van der Waals surface area contributed by atoms with E-state index in [1.165, 1.54) is 11.3 Å². The quantitative estimate of drug-likeness (QED) is 0.870. The first kappa shape index (κ1) is 14.6. The first-order valence-corrected chi connectivity index (χ1v) is 9.09. The van der Waals surface area contributed by atoms with Crippen LogP contribution in [0.4, 0.5) is 0 Å². The average Bonchev–Trinajstić information content (AvgIpc) is 3.07. The maximum atomic E-state index is 12.7. The van der Waals surface area contributed by atoms with Gasteiger partial charge in [-0.25, -0.2) is 13.4 Å². The SMILES string of the molecule is Cc1nc(C)c(S(=O)(=O)N2CCC(c3ccccn3)C2)s1. The minimum absolute atomic E-state index is 0.176. The molecule has 7 heteroatoms. The third-order valence-corrected chi connectivity index (χ3v) is 7.22. The summed E-state index contributed by atoms with van der Waals surface area (Å²) in [6.07, 6.45) is 2.57. The Hall–Kier alpha value is -1.31. The number of hydrogen-bond acceptors (Lipinski definition) is 5. The lowest BCUT2D eigenvalue weighted by Crippen LogP contribution is -2.28. The molecular weight excluding hydrogens is 306 g/mol. The number of aromatic nitrogens is 2. The number of rotatable bonds is 3. The predicted molar refractivity (Wildman–Crippen MR) is 81.9 cm³/mol. The van der Waals surface area contributed by atoms with Crippen LogP contribution >= 0.6 is 11.3 Å². The summed E-state index contributed by atoms with van der Waals surface area (Å²) in [6.45, 7) is 4.62. The lowest BCUT2D eigenvalue weighted by Gasteiger charge is -2.15. The summed E-state index contributed by atoms with van der Waals surface area (Å²) >= 11 is 1.25. The maximum absolute atomic E-state index is 12.7. The predicted octanol–water partition coefficient (Wildman–Crippen LogP) is 2.33. The third-order valence-electron chi connectivity index (χ3n) is 3.69. The van der Waals surface area contributed by atoms with E-state index in [9.17, 15) is 8.42 Å². The molecule has 2 aromatic rings. The lowest BCUT2D eigenvalue weighted by atomic mass is 10.0. The third kappa shape index (κ3) is 2.73. The Kier molecular flexibility index (Phi) is 3.81. The van der Waals surface area contributed by atoms with E-state index in [0.29, 0.717) is 23.0 Å². The highest BCUT2D eigenvalue weighted by molar-refractivity contribution is 7.91. The number of nitrogens with zero attached hydrogens (tertiary/aromatic N) is 3. The van der Waals surface area contributed by atoms with Crippen molar-refractivity contribution >= 4 is 21.4 Å². The zero-order valence-electron chi connectivity index (χ0n) is 12.0. The minimum atomic E-state index is -3.43. The van der Waals surface area contributed by atoms with Gasteiger partial charge in [-0.1, -0.05) is 6.07 Å². The highest BCUT2D eigenvalue weighted by atomic mass is 32.2. The van der Waals surface area contributed by atoms with Gasteiger partial charge in [0.2, 0.25) is 0 Å². The van der Waals surface area contributed by atoms with Crippen LogP contribution < -0.4 is 0 Å². The van der Waals surface area contributed by atoms with Gasteiger partial charge in [0.15, 0.2) is 4.21 Å². The molecule has 3 rings (SSSR count). The van der Waals surface area contributed by atoms with Gasteiger partial charge in [0.25, 0.3) is 10.0 Å². The van der Waals surface area contributed by atoms with Crippen molar-refractivity contribution in [2.45, 2.75) is 30.4 Å². The molecule has 0 saturated carbocycles. The largest absolute Gasteiger partial charge is 0.261 e. The second kappa shape index (κ2) is 5.47. The molecule has 3 heterocycles. The molecule has 5 nitrogen and oxygen atoms in total. The van der Waals surface area contributed by atoms with Crippen LogP contribution in [-0.4, -0.2) is 35.8 Å². The Labute approximate surface area is 128 Å². The maximum Gasteiger partial charge on any atom is 0.254 e. The Morgan fingerprint density at radius 2 is 2.14 bits per heavy atom. The molecule has 0 amide bonds. The topological polar surface area (TPSA) is 63.2 Å². The van der Waals surface area contributed by atoms with Crippen molar-refractivity contribution < 1.29 is 8.42 Å². The molecule has 1 aliphatic heterocycles. The zero-order valence-corrected chi connectivity index (χ0v) is 13.6. The summed E-state index contributed by atoms with van der Waals surface area (Å²) in [5.74, 6) is 0.176. The van der Waals surface area contributed by atoms with Gasteiger partial charge in [0.1, 0.15) is 0 Å². The van der Waals surface area contributed by atoms with Crippen molar-refractivity contribution in [3.05, 3.63) is 40.8 Å². The first-order chi connectivity index (χ1) is 9.98. The number of aryl methyl sites for hydroxylation is 2. The molecule has 112 valence electrons. The molecule has 21 heavy (non-hydrogen) atoms. The van der Waals surface area contributed by atoms with Gasteiger partial charge in [-0.3, -0.25) is 4.98 Å². The molecule has 0 aliphatic carbocycles. The van der Waals surface area contributed by atoms with Crippen molar-refractivity contribution in [1.82, 2.24) is 14.3 Å². The van der Waals surface area contributed by atoms with E-state index in [0.717, 1.165) is 17.1 Å². The second-order valence-corrected chi connectivity index (χ2v) is 8.55. The summed E-state index contributed by atoms with van der Waals surface area (Å²) in [7, 11) is -3.43. The van der Waals surface area contributed by atoms with Crippen LogP contribution in [-0.2, 0) is 10.0 Å². The van der Waals surface area contributed by atoms with Crippen molar-refractivity contribution in [1.29, 1.82) is 0 Å². The summed E-state index contributed by atoms with van der Waals surface area (Å²) in [6, 6.07) is 5.77. The minimum Gasteiger partial charge on any atom is -0.261 e. The molecule has 0 spiro atoms. The van der Waals surface area contributed by atoms with Crippen LogP contribution in [0.1, 0.15) is 28.7 Å². The Morgan fingerprint density at radius 1 is 1.33 bits per heavy atom. The Morgan fingerprint density at radius 3 is 2.76 bits per heavy atom. The molecule has 1 fully saturated rings. The molecule has 1 aliphatic rings. The molecule has 0 N–H and O–H groups in total. The van der Waals surface area contributed by atoms with Gasteiger partial charge in [-0.05, 0) is 32.4 Å². The van der Waals surface area contributed by atoms with E-state index < -0.39 is 10.0 Å². The highest BCUT2D eigenvalue weighted by Gasteiger charge is 2.35. The molecule has 0 bridgehead atoms. The molecule has 1 saturated heterocycles. The molecule has 2 aromatic heterocycles. The standard InChI is InChI=1S/C14H17N3O2S2/c1-10-14(20-11(2)16-10)21(18,19)17-8-6-12(9-17)13-5-3-4-7-15-13/h3-5,7,12H,6,8-9H2,1-2H3. The van der Waals surface area contributed by atoms with E-state index in [4.69, 9.17) is 0 Å². The summed E-state index contributed by atoms with van der Waals surface area (Å²) in [4.78, 5) is 8.57. The second-order valence-electron chi connectivity index (χ2n) is 5.21. The average molecular weight is 323 g/mol. The zero-order chi connectivity index (χ0) is 15.0. The molecule has 0 radical (unpaired) electrons. The van der Waals surface area contributed by atoms with E-state index in [1.54, 1.807) is 17.4 Å². The number of pyridine rings is 1. The van der Waals surface area contributed by atoms with Crippen LogP contribution in [0.25, 0.3) is 0 Å².